The molecule has 0 heterocycles. The van der Waals surface area contributed by atoms with Crippen LogP contribution < -0.4 is 0 Å². The fraction of sp³-hybridized carbons (Fsp3) is 0.250. The van der Waals surface area contributed by atoms with E-state index in [-0.39, 0.29) is 11.4 Å². The average molecular weight is 300 g/mol. The molecule has 0 unspecified atom stereocenters. The molecule has 0 radical (unpaired) electrons. The van der Waals surface area contributed by atoms with Crippen molar-refractivity contribution in [1.82, 2.24) is 0 Å². The molecule has 0 atom stereocenters. The van der Waals surface area contributed by atoms with Crippen molar-refractivity contribution in [3.05, 3.63) is 78.9 Å². The minimum Gasteiger partial charge on any atom is -0.258 e. The summed E-state index contributed by atoms with van der Waals surface area (Å²) in [5, 5.41) is 22.2. The first kappa shape index (κ1) is 15.6. The van der Waals surface area contributed by atoms with Gasteiger partial charge in [-0.15, -0.1) is 0 Å². The largest absolute Gasteiger partial charge is 0.272 e. The van der Waals surface area contributed by atoms with Gasteiger partial charge in [0.15, 0.2) is 0 Å². The Hall–Kier alpha value is -2.76. The number of hydrogen-bond donors (Lipinski definition) is 0. The first-order valence-electron chi connectivity index (χ1n) is 6.86. The molecule has 0 N–H and O–H groups in total. The second-order valence-electron chi connectivity index (χ2n) is 5.28. The van der Waals surface area contributed by atoms with E-state index in [4.69, 9.17) is 0 Å². The molecule has 22 heavy (non-hydrogen) atoms. The Balaban J connectivity index is 2.28. The molecule has 2 aromatic rings. The first-order valence-corrected chi connectivity index (χ1v) is 6.86. The smallest absolute Gasteiger partial charge is 0.258 e. The van der Waals surface area contributed by atoms with E-state index in [9.17, 15) is 20.2 Å². The van der Waals surface area contributed by atoms with Crippen LogP contribution in [0.4, 0.5) is 11.4 Å². The molecule has 2 rings (SSSR count). The van der Waals surface area contributed by atoms with Gasteiger partial charge in [-0.3, -0.25) is 20.2 Å². The number of benzene rings is 2. The molecule has 0 saturated heterocycles. The number of nitrogens with zero attached hydrogens (tertiary/aromatic N) is 2. The van der Waals surface area contributed by atoms with Gasteiger partial charge in [0.2, 0.25) is 0 Å². The summed E-state index contributed by atoms with van der Waals surface area (Å²) in [6.45, 7) is 3.59. The van der Waals surface area contributed by atoms with Crippen molar-refractivity contribution in [3.8, 4) is 0 Å². The van der Waals surface area contributed by atoms with E-state index in [1.54, 1.807) is 26.0 Å². The third-order valence-corrected chi connectivity index (χ3v) is 3.54. The number of nitro groups is 2. The maximum atomic E-state index is 11.1. The maximum Gasteiger partial charge on any atom is 0.272 e. The Morgan fingerprint density at radius 3 is 1.45 bits per heavy atom. The standard InChI is InChI=1S/C16H16N2O4/c1-11-3-5-13(15(9-11)17(19)20)7-8-14-6-4-12(2)10-16(14)18(21)22/h3-6,9-10H,7-8H2,1-2H3. The van der Waals surface area contributed by atoms with Crippen LogP contribution in [0.25, 0.3) is 0 Å². The zero-order chi connectivity index (χ0) is 16.3. The molecule has 2 aromatic carbocycles. The minimum atomic E-state index is -0.411. The van der Waals surface area contributed by atoms with Gasteiger partial charge in [-0.1, -0.05) is 24.3 Å². The molecule has 0 amide bonds. The number of nitro benzene ring substituents is 2. The number of aryl methyl sites for hydroxylation is 4. The molecular formula is C16H16N2O4. The van der Waals surface area contributed by atoms with Crippen molar-refractivity contribution >= 4 is 11.4 Å². The summed E-state index contributed by atoms with van der Waals surface area (Å²) in [5.41, 5.74) is 2.94. The van der Waals surface area contributed by atoms with Crippen LogP contribution in [0, 0.1) is 34.1 Å². The number of rotatable bonds is 5. The van der Waals surface area contributed by atoms with Crippen molar-refractivity contribution in [2.24, 2.45) is 0 Å². The van der Waals surface area contributed by atoms with Crippen LogP contribution in [-0.2, 0) is 12.8 Å². The molecule has 0 saturated carbocycles. The molecule has 114 valence electrons. The molecule has 0 fully saturated rings. The van der Waals surface area contributed by atoms with Gasteiger partial charge < -0.3 is 0 Å². The van der Waals surface area contributed by atoms with Crippen LogP contribution in [-0.4, -0.2) is 9.85 Å². The molecule has 0 aliphatic heterocycles. The molecule has 6 nitrogen and oxygen atoms in total. The Morgan fingerprint density at radius 2 is 1.14 bits per heavy atom. The van der Waals surface area contributed by atoms with Crippen LogP contribution in [0.2, 0.25) is 0 Å². The molecule has 0 bridgehead atoms. The lowest BCUT2D eigenvalue weighted by atomic mass is 9.99. The van der Waals surface area contributed by atoms with Crippen LogP contribution >= 0.6 is 0 Å². The SMILES string of the molecule is Cc1ccc(CCc2ccc(C)cc2[N+](=O)[O-])c([N+](=O)[O-])c1. The molecular weight excluding hydrogens is 284 g/mol. The van der Waals surface area contributed by atoms with Crippen LogP contribution in [0.15, 0.2) is 36.4 Å². The third kappa shape index (κ3) is 3.46. The highest BCUT2D eigenvalue weighted by molar-refractivity contribution is 5.46. The molecule has 6 heteroatoms. The van der Waals surface area contributed by atoms with E-state index in [1.165, 1.54) is 12.1 Å². The maximum absolute atomic E-state index is 11.1. The summed E-state index contributed by atoms with van der Waals surface area (Å²) < 4.78 is 0. The second kappa shape index (κ2) is 6.34. The van der Waals surface area contributed by atoms with Crippen molar-refractivity contribution in [1.29, 1.82) is 0 Å². The minimum absolute atomic E-state index is 0.0646. The van der Waals surface area contributed by atoms with Gasteiger partial charge in [0.1, 0.15) is 0 Å². The second-order valence-corrected chi connectivity index (χ2v) is 5.28. The van der Waals surface area contributed by atoms with Gasteiger partial charge >= 0.3 is 0 Å². The van der Waals surface area contributed by atoms with Crippen LogP contribution in [0.5, 0.6) is 0 Å². The van der Waals surface area contributed by atoms with E-state index < -0.39 is 9.85 Å². The zero-order valence-corrected chi connectivity index (χ0v) is 12.4. The van der Waals surface area contributed by atoms with Gasteiger partial charge in [-0.05, 0) is 37.8 Å². The quantitative estimate of drug-likeness (QED) is 0.619. The van der Waals surface area contributed by atoms with Gasteiger partial charge in [-0.25, -0.2) is 0 Å². The highest BCUT2D eigenvalue weighted by atomic mass is 16.6. The van der Waals surface area contributed by atoms with Gasteiger partial charge in [0, 0.05) is 23.3 Å². The van der Waals surface area contributed by atoms with Crippen molar-refractivity contribution < 1.29 is 9.85 Å². The fourth-order valence-corrected chi connectivity index (χ4v) is 2.38. The Morgan fingerprint density at radius 1 is 0.773 bits per heavy atom. The van der Waals surface area contributed by atoms with Crippen molar-refractivity contribution in [2.45, 2.75) is 26.7 Å². The van der Waals surface area contributed by atoms with E-state index in [2.05, 4.69) is 0 Å². The van der Waals surface area contributed by atoms with E-state index in [0.717, 1.165) is 11.1 Å². The Kier molecular flexibility index (Phi) is 4.50. The molecule has 0 aliphatic rings. The lowest BCUT2D eigenvalue weighted by molar-refractivity contribution is -0.386. The summed E-state index contributed by atoms with van der Waals surface area (Å²) in [5.74, 6) is 0. The fourth-order valence-electron chi connectivity index (χ4n) is 2.38. The summed E-state index contributed by atoms with van der Waals surface area (Å²) >= 11 is 0. The van der Waals surface area contributed by atoms with Gasteiger partial charge in [-0.2, -0.15) is 0 Å². The summed E-state index contributed by atoms with van der Waals surface area (Å²) in [7, 11) is 0. The Bertz CT molecular complexity index is 677. The van der Waals surface area contributed by atoms with Crippen LogP contribution in [0.3, 0.4) is 0 Å². The van der Waals surface area contributed by atoms with Crippen LogP contribution in [0.1, 0.15) is 22.3 Å². The number of hydrogen-bond acceptors (Lipinski definition) is 4. The molecule has 0 aromatic heterocycles. The average Bonchev–Trinajstić information content (AvgIpc) is 2.46. The topological polar surface area (TPSA) is 86.3 Å². The normalized spacial score (nSPS) is 10.5. The highest BCUT2D eigenvalue weighted by Crippen LogP contribution is 2.25. The lowest BCUT2D eigenvalue weighted by Crippen LogP contribution is -2.01. The summed E-state index contributed by atoms with van der Waals surface area (Å²) in [6, 6.07) is 10.1. The van der Waals surface area contributed by atoms with Gasteiger partial charge in [0.05, 0.1) is 9.85 Å². The monoisotopic (exact) mass is 300 g/mol. The lowest BCUT2D eigenvalue weighted by Gasteiger charge is -2.06. The molecule has 0 aliphatic carbocycles. The van der Waals surface area contributed by atoms with Gasteiger partial charge in [0.25, 0.3) is 11.4 Å². The Labute approximate surface area is 127 Å². The third-order valence-electron chi connectivity index (χ3n) is 3.54. The zero-order valence-electron chi connectivity index (χ0n) is 12.4. The molecule has 0 spiro atoms. The summed E-state index contributed by atoms with van der Waals surface area (Å²) in [4.78, 5) is 21.4. The van der Waals surface area contributed by atoms with E-state index in [1.807, 2.05) is 12.1 Å². The predicted octanol–water partition coefficient (Wildman–Crippen LogP) is 3.91. The first-order chi connectivity index (χ1) is 10.4. The van der Waals surface area contributed by atoms with E-state index >= 15 is 0 Å². The van der Waals surface area contributed by atoms with Crippen molar-refractivity contribution in [2.75, 3.05) is 0 Å². The highest BCUT2D eigenvalue weighted by Gasteiger charge is 2.17. The summed E-state index contributed by atoms with van der Waals surface area (Å²) in [6.07, 6.45) is 0.779. The van der Waals surface area contributed by atoms with Crippen molar-refractivity contribution in [3.63, 3.8) is 0 Å². The van der Waals surface area contributed by atoms with E-state index in [0.29, 0.717) is 24.0 Å². The predicted molar refractivity (Wildman–Crippen MR) is 83.1 cm³/mol.